The van der Waals surface area contributed by atoms with E-state index < -0.39 is 0 Å². The largest absolute Gasteiger partial charge is 0.325 e. The Morgan fingerprint density at radius 1 is 1.21 bits per heavy atom. The molecule has 0 saturated carbocycles. The zero-order chi connectivity index (χ0) is 12.8. The van der Waals surface area contributed by atoms with E-state index in [0.29, 0.717) is 6.54 Å². The molecule has 0 aliphatic heterocycles. The molecule has 0 bridgehead atoms. The van der Waals surface area contributed by atoms with Gasteiger partial charge in [-0.2, -0.15) is 0 Å². The second-order valence-electron chi connectivity index (χ2n) is 4.10. The van der Waals surface area contributed by atoms with Gasteiger partial charge in [0.2, 0.25) is 5.91 Å². The van der Waals surface area contributed by atoms with Crippen molar-refractivity contribution in [3.05, 3.63) is 52.2 Å². The maximum atomic E-state index is 11.7. The molecule has 0 atom stereocenters. The van der Waals surface area contributed by atoms with Gasteiger partial charge in [0.1, 0.15) is 0 Å². The van der Waals surface area contributed by atoms with Crippen molar-refractivity contribution in [1.29, 1.82) is 0 Å². The van der Waals surface area contributed by atoms with E-state index in [9.17, 15) is 4.79 Å². The number of hydrogen-bond acceptors (Lipinski definition) is 3. The van der Waals surface area contributed by atoms with Crippen LogP contribution < -0.4 is 10.6 Å². The Balaban J connectivity index is 0.00000180. The van der Waals surface area contributed by atoms with Crippen molar-refractivity contribution in [2.45, 2.75) is 13.5 Å². The van der Waals surface area contributed by atoms with Crippen LogP contribution in [0.1, 0.15) is 10.4 Å². The molecule has 0 saturated heterocycles. The van der Waals surface area contributed by atoms with Crippen molar-refractivity contribution in [1.82, 2.24) is 5.32 Å². The quantitative estimate of drug-likeness (QED) is 0.889. The number of carbonyl (C=O) groups excluding carboxylic acids is 1. The van der Waals surface area contributed by atoms with E-state index >= 15 is 0 Å². The summed E-state index contributed by atoms with van der Waals surface area (Å²) in [6.45, 7) is 3.08. The molecule has 1 amide bonds. The van der Waals surface area contributed by atoms with E-state index in [1.165, 1.54) is 10.4 Å². The Bertz CT molecular complexity index is 497. The summed E-state index contributed by atoms with van der Waals surface area (Å²) in [6.07, 6.45) is 0. The van der Waals surface area contributed by atoms with E-state index in [2.05, 4.69) is 16.7 Å². The number of rotatable bonds is 5. The van der Waals surface area contributed by atoms with Crippen molar-refractivity contribution in [3.8, 4) is 0 Å². The SMILES string of the molecule is Cc1ccc(NC(=O)CNCc2cccs2)cc1.Cl. The standard InChI is InChI=1S/C14H16N2OS.ClH/c1-11-4-6-12(7-5-11)16-14(17)10-15-9-13-3-2-8-18-13;/h2-8,15H,9-10H2,1H3,(H,16,17);1H. The third kappa shape index (κ3) is 5.42. The summed E-state index contributed by atoms with van der Waals surface area (Å²) in [4.78, 5) is 12.9. The van der Waals surface area contributed by atoms with E-state index in [1.54, 1.807) is 11.3 Å². The molecule has 0 fully saturated rings. The van der Waals surface area contributed by atoms with Gasteiger partial charge in [-0.25, -0.2) is 0 Å². The molecular weight excluding hydrogens is 280 g/mol. The summed E-state index contributed by atoms with van der Waals surface area (Å²) in [7, 11) is 0. The predicted molar refractivity (Wildman–Crippen MR) is 83.1 cm³/mol. The molecule has 0 unspecified atom stereocenters. The summed E-state index contributed by atoms with van der Waals surface area (Å²) in [5.41, 5.74) is 2.02. The molecule has 2 rings (SSSR count). The van der Waals surface area contributed by atoms with E-state index in [1.807, 2.05) is 42.6 Å². The molecule has 1 aromatic heterocycles. The Morgan fingerprint density at radius 2 is 1.95 bits per heavy atom. The lowest BCUT2D eigenvalue weighted by molar-refractivity contribution is -0.115. The molecule has 0 spiro atoms. The monoisotopic (exact) mass is 296 g/mol. The lowest BCUT2D eigenvalue weighted by Crippen LogP contribution is -2.27. The predicted octanol–water partition coefficient (Wildman–Crippen LogP) is 3.21. The minimum Gasteiger partial charge on any atom is -0.325 e. The number of nitrogens with one attached hydrogen (secondary N) is 2. The fraction of sp³-hybridized carbons (Fsp3) is 0.214. The van der Waals surface area contributed by atoms with Gasteiger partial charge in [0, 0.05) is 17.1 Å². The van der Waals surface area contributed by atoms with Crippen LogP contribution in [0.25, 0.3) is 0 Å². The molecule has 102 valence electrons. The lowest BCUT2D eigenvalue weighted by atomic mass is 10.2. The third-order valence-electron chi connectivity index (χ3n) is 2.50. The summed E-state index contributed by atoms with van der Waals surface area (Å²) in [5.74, 6) is -0.0181. The second kappa shape index (κ2) is 7.94. The van der Waals surface area contributed by atoms with Crippen LogP contribution in [-0.4, -0.2) is 12.5 Å². The van der Waals surface area contributed by atoms with Crippen LogP contribution in [0.5, 0.6) is 0 Å². The summed E-state index contributed by atoms with van der Waals surface area (Å²) in [5, 5.41) is 8.00. The normalized spacial score (nSPS) is 9.74. The van der Waals surface area contributed by atoms with Crippen molar-refractivity contribution in [3.63, 3.8) is 0 Å². The van der Waals surface area contributed by atoms with Crippen LogP contribution in [0, 0.1) is 6.92 Å². The highest BCUT2D eigenvalue weighted by molar-refractivity contribution is 7.09. The average Bonchev–Trinajstić information content (AvgIpc) is 2.85. The van der Waals surface area contributed by atoms with Crippen molar-refractivity contribution in [2.24, 2.45) is 0 Å². The van der Waals surface area contributed by atoms with Crippen LogP contribution in [0.4, 0.5) is 5.69 Å². The van der Waals surface area contributed by atoms with Gasteiger partial charge in [-0.1, -0.05) is 23.8 Å². The van der Waals surface area contributed by atoms with Crippen LogP contribution in [0.2, 0.25) is 0 Å². The average molecular weight is 297 g/mol. The zero-order valence-electron chi connectivity index (χ0n) is 10.7. The Kier molecular flexibility index (Phi) is 6.56. The molecule has 5 heteroatoms. The van der Waals surface area contributed by atoms with Crippen molar-refractivity contribution >= 4 is 35.3 Å². The fourth-order valence-electron chi connectivity index (χ4n) is 1.55. The van der Waals surface area contributed by atoms with Crippen LogP contribution >= 0.6 is 23.7 Å². The second-order valence-corrected chi connectivity index (χ2v) is 5.13. The van der Waals surface area contributed by atoms with E-state index in [-0.39, 0.29) is 18.3 Å². The number of carbonyl (C=O) groups is 1. The topological polar surface area (TPSA) is 41.1 Å². The number of amides is 1. The van der Waals surface area contributed by atoms with Crippen molar-refractivity contribution < 1.29 is 4.79 Å². The Morgan fingerprint density at radius 3 is 2.58 bits per heavy atom. The van der Waals surface area contributed by atoms with Gasteiger partial charge in [-0.3, -0.25) is 4.79 Å². The minimum atomic E-state index is -0.0181. The maximum absolute atomic E-state index is 11.7. The first kappa shape index (κ1) is 15.7. The molecule has 2 N–H and O–H groups in total. The Labute approximate surface area is 123 Å². The molecule has 0 aliphatic carbocycles. The van der Waals surface area contributed by atoms with Gasteiger partial charge in [-0.05, 0) is 30.5 Å². The molecule has 3 nitrogen and oxygen atoms in total. The van der Waals surface area contributed by atoms with Gasteiger partial charge in [0.25, 0.3) is 0 Å². The maximum Gasteiger partial charge on any atom is 0.238 e. The third-order valence-corrected chi connectivity index (χ3v) is 3.38. The van der Waals surface area contributed by atoms with Crippen LogP contribution in [0.3, 0.4) is 0 Å². The van der Waals surface area contributed by atoms with Gasteiger partial charge in [0.15, 0.2) is 0 Å². The van der Waals surface area contributed by atoms with Gasteiger partial charge >= 0.3 is 0 Å². The molecule has 0 radical (unpaired) electrons. The molecule has 1 aromatic carbocycles. The number of anilines is 1. The van der Waals surface area contributed by atoms with E-state index in [4.69, 9.17) is 0 Å². The van der Waals surface area contributed by atoms with Gasteiger partial charge in [0.05, 0.1) is 6.54 Å². The van der Waals surface area contributed by atoms with E-state index in [0.717, 1.165) is 12.2 Å². The highest BCUT2D eigenvalue weighted by Gasteiger charge is 2.01. The Hall–Kier alpha value is -1.36. The molecule has 0 aliphatic rings. The van der Waals surface area contributed by atoms with Crippen LogP contribution in [-0.2, 0) is 11.3 Å². The number of halogens is 1. The first-order valence-electron chi connectivity index (χ1n) is 5.83. The number of hydrogen-bond donors (Lipinski definition) is 2. The van der Waals surface area contributed by atoms with Crippen LogP contribution in [0.15, 0.2) is 41.8 Å². The highest BCUT2D eigenvalue weighted by Crippen LogP contribution is 2.09. The van der Waals surface area contributed by atoms with Gasteiger partial charge in [-0.15, -0.1) is 23.7 Å². The molecule has 2 aromatic rings. The summed E-state index contributed by atoms with van der Waals surface area (Å²) in [6, 6.07) is 11.8. The smallest absolute Gasteiger partial charge is 0.238 e. The number of benzene rings is 1. The highest BCUT2D eigenvalue weighted by atomic mass is 35.5. The van der Waals surface area contributed by atoms with Gasteiger partial charge < -0.3 is 10.6 Å². The zero-order valence-corrected chi connectivity index (χ0v) is 12.3. The molecule has 1 heterocycles. The number of aryl methyl sites for hydroxylation is 1. The number of thiophene rings is 1. The minimum absolute atomic E-state index is 0. The lowest BCUT2D eigenvalue weighted by Gasteiger charge is -2.06. The molecular formula is C14H17ClN2OS. The summed E-state index contributed by atoms with van der Waals surface area (Å²) >= 11 is 1.69. The van der Waals surface area contributed by atoms with Crippen molar-refractivity contribution in [2.75, 3.05) is 11.9 Å². The molecule has 19 heavy (non-hydrogen) atoms. The first-order valence-corrected chi connectivity index (χ1v) is 6.71. The first-order chi connectivity index (χ1) is 8.74. The summed E-state index contributed by atoms with van der Waals surface area (Å²) < 4.78 is 0. The fourth-order valence-corrected chi connectivity index (χ4v) is 2.23.